The monoisotopic (exact) mass is 1700 g/mol. The van der Waals surface area contributed by atoms with Crippen LogP contribution in [0.4, 0.5) is 40.6 Å². The molecule has 0 bridgehead atoms. The second-order valence-corrected chi connectivity index (χ2v) is 32.8. The molecule has 1 saturated heterocycles. The minimum Gasteiger partial charge on any atom is -0.0622 e. The minimum atomic E-state index is -0.928. The van der Waals surface area contributed by atoms with Crippen molar-refractivity contribution < 1.29 is 71.5 Å². The van der Waals surface area contributed by atoms with Crippen LogP contribution >= 0.6 is 50.8 Å². The van der Waals surface area contributed by atoms with E-state index in [1.807, 2.05) is 27.7 Å². The number of halogens is 7. The molecule has 25 heteroatoms. The number of fused-ring (bicyclic) bond motifs is 2. The Balaban J connectivity index is 0.000000147. The molecule has 0 saturated carbocycles. The fraction of sp³-hybridized carbons (Fsp3) is 0.119. The number of anilines is 4. The third-order valence-electron chi connectivity index (χ3n) is 17.4. The van der Waals surface area contributed by atoms with E-state index in [1.54, 1.807) is 87.2 Å². The van der Waals surface area contributed by atoms with Gasteiger partial charge in [0.1, 0.15) is 34.4 Å². The molecule has 0 atom stereocenters. The van der Waals surface area contributed by atoms with Gasteiger partial charge in [-0.15, -0.1) is 0 Å². The molecular formula is C84H72BBrCl2F4N6O8P2Pd. The predicted molar refractivity (Wildman–Crippen MR) is 432 cm³/mol. The van der Waals surface area contributed by atoms with Crippen LogP contribution in [0.1, 0.15) is 48.4 Å². The standard InChI is InChI=1S/C21H15F2N3O3.C19H20BF2NO3.2C18H15P.C8H7BrN2O2.2ClH.Pd/c1-26-18(27)11-29-17-9-13(10-24-20(17)26)12-5-7-14(8-6-12)25-21(28)19-15(22)3-2-4-16(19)23;1-18(2)19(3,4)26-20(25-18)12-8-10-13(11-9-12)23-17(24)16-14(21)6-5-7-15(16)22;2*1-4-10-16(11-5-1)19(17-12-6-2-7-13-17)18-14-8-3-9-15-18;1-11-7(12)4-13-6-2-5(9)3-10-8(6)11;;;/h2-10H,11H2,1H3,(H,25,28);5-11H,1-4H3,(H,23,24);2*1-15H;2-3H,4H2,1H3;2*1H;/q;;;;;;;+2/p-2. The molecule has 0 unspecified atom stereocenters. The molecule has 0 spiro atoms. The maximum Gasteiger partial charge on any atom is -0.0134 e. The van der Waals surface area contributed by atoms with E-state index in [1.165, 1.54) is 53.8 Å². The molecule has 14 nitrogen and oxygen atoms in total. The summed E-state index contributed by atoms with van der Waals surface area (Å²) in [5.74, 6) is -3.49. The topological polar surface area (TPSA) is 162 Å². The van der Waals surface area contributed by atoms with E-state index >= 15 is 0 Å². The summed E-state index contributed by atoms with van der Waals surface area (Å²) in [7, 11) is 11.5. The number of ether oxygens (including phenoxy) is 2. The first-order valence-corrected chi connectivity index (χ1v) is 41.3. The van der Waals surface area contributed by atoms with Gasteiger partial charge in [0.2, 0.25) is 0 Å². The predicted octanol–water partition coefficient (Wildman–Crippen LogP) is 16.6. The fourth-order valence-corrected chi connectivity index (χ4v) is 16.0. The largest absolute Gasteiger partial charge is 0.0622 e. The molecule has 2 aromatic heterocycles. The van der Waals surface area contributed by atoms with Crippen LogP contribution in [0.2, 0.25) is 0 Å². The number of carbonyl (C=O) groups is 4. The summed E-state index contributed by atoms with van der Waals surface area (Å²) in [6.45, 7) is 7.89. The maximum absolute atomic E-state index is 13.7. The van der Waals surface area contributed by atoms with Gasteiger partial charge in [0.15, 0.2) is 36.3 Å². The summed E-state index contributed by atoms with van der Waals surface area (Å²) in [6, 6.07) is 88.2. The number of pyridine rings is 2. The smallest absolute Gasteiger partial charge is 0.0134 e. The van der Waals surface area contributed by atoms with Gasteiger partial charge in [0.25, 0.3) is 23.6 Å². The van der Waals surface area contributed by atoms with Crippen LogP contribution in [0, 0.1) is 23.3 Å². The first kappa shape index (κ1) is 81.8. The first-order valence-electron chi connectivity index (χ1n) is 33.8. The van der Waals surface area contributed by atoms with Gasteiger partial charge in [-0.3, -0.25) is 29.0 Å². The van der Waals surface area contributed by atoms with Crippen molar-refractivity contribution in [2.75, 3.05) is 47.7 Å². The molecule has 10 aromatic carbocycles. The molecule has 0 aliphatic carbocycles. The molecular weight excluding hydrogens is 1630 g/mol. The average Bonchev–Trinajstić information content (AvgIpc) is 1.65. The van der Waals surface area contributed by atoms with Crippen LogP contribution in [0.15, 0.2) is 296 Å². The van der Waals surface area contributed by atoms with E-state index in [9.17, 15) is 36.7 Å². The summed E-state index contributed by atoms with van der Waals surface area (Å²) in [5.41, 5.74) is 0.988. The zero-order chi connectivity index (χ0) is 77.6. The molecule has 109 heavy (non-hydrogen) atoms. The number of aromatic nitrogens is 2. The van der Waals surface area contributed by atoms with Crippen molar-refractivity contribution in [2.45, 2.75) is 38.9 Å². The molecule has 3 aliphatic rings. The van der Waals surface area contributed by atoms with E-state index in [0.717, 1.165) is 45.3 Å². The molecule has 0 radical (unpaired) electrons. The second kappa shape index (κ2) is 39.1. The van der Waals surface area contributed by atoms with Crippen LogP contribution in [0.5, 0.6) is 11.5 Å². The molecule has 2 N–H and O–H groups in total. The van der Waals surface area contributed by atoms with E-state index < -0.39 is 80.4 Å². The number of hydrogen-bond donors (Lipinski definition) is 2. The van der Waals surface area contributed by atoms with Gasteiger partial charge in [-0.1, -0.05) is 218 Å². The summed E-state index contributed by atoms with van der Waals surface area (Å²) >= 11 is 3.17. The number of hydrogen-bond acceptors (Lipinski definition) is 10. The quantitative estimate of drug-likeness (QED) is 0.0684. The van der Waals surface area contributed by atoms with Gasteiger partial charge in [0, 0.05) is 47.9 Å². The third kappa shape index (κ3) is 21.6. The minimum absolute atomic E-state index is 0.0494. The number of carbonyl (C=O) groups excluding carboxylic acids is 4. The van der Waals surface area contributed by atoms with Gasteiger partial charge in [-0.2, -0.15) is 0 Å². The Kier molecular flexibility index (Phi) is 29.3. The van der Waals surface area contributed by atoms with Gasteiger partial charge in [0.05, 0.1) is 11.2 Å². The van der Waals surface area contributed by atoms with Crippen molar-refractivity contribution in [3.63, 3.8) is 0 Å². The number of nitrogens with zero attached hydrogens (tertiary/aromatic N) is 4. The molecule has 15 rings (SSSR count). The number of nitrogens with one attached hydrogen (secondary N) is 2. The molecule has 12 aromatic rings. The molecule has 3 aliphatic heterocycles. The Labute approximate surface area is 658 Å². The van der Waals surface area contributed by atoms with Gasteiger partial charge < -0.3 is 29.4 Å². The van der Waals surface area contributed by atoms with Crippen LogP contribution in [0.25, 0.3) is 11.1 Å². The summed E-state index contributed by atoms with van der Waals surface area (Å²) in [4.78, 5) is 58.4. The van der Waals surface area contributed by atoms with Crippen molar-refractivity contribution in [3.05, 3.63) is 330 Å². The van der Waals surface area contributed by atoms with Gasteiger partial charge >= 0.3 is 42.1 Å². The van der Waals surface area contributed by atoms with Crippen LogP contribution in [0.3, 0.4) is 0 Å². The van der Waals surface area contributed by atoms with E-state index in [-0.39, 0.29) is 41.0 Å². The molecule has 5 heterocycles. The van der Waals surface area contributed by atoms with Crippen molar-refractivity contribution >= 4 is 142 Å². The van der Waals surface area contributed by atoms with E-state index in [4.69, 9.17) is 37.8 Å². The number of likely N-dealkylation sites (N-methyl/N-ethyl adjacent to an activating group) is 2. The van der Waals surface area contributed by atoms with E-state index in [0.29, 0.717) is 34.5 Å². The summed E-state index contributed by atoms with van der Waals surface area (Å²) < 4.78 is 78.2. The Bertz CT molecular complexity index is 4680. The SMILES string of the molecule is CC1(C)OB(c2ccc(NC(=O)c3c(F)cccc3F)cc2)OC1(C)C.CN1C(=O)COc2cc(-c3ccc(NC(=O)c4c(F)cccc4F)cc3)cnc21.CN1C(=O)COc2cc(Br)cnc21.[Cl][Pd][Cl].c1ccc(P(c2ccccc2)c2ccccc2)cc1.c1ccc(P(c2ccccc2)c2ccccc2)cc1. The Hall–Kier alpha value is -9.73. The van der Waals surface area contributed by atoms with Crippen LogP contribution in [-0.4, -0.2) is 79.2 Å². The third-order valence-corrected chi connectivity index (χ3v) is 22.7. The van der Waals surface area contributed by atoms with Crippen molar-refractivity contribution in [3.8, 4) is 22.6 Å². The zero-order valence-electron chi connectivity index (χ0n) is 59.6. The van der Waals surface area contributed by atoms with E-state index in [2.05, 4.69) is 219 Å². The van der Waals surface area contributed by atoms with Crippen molar-refractivity contribution in [2.24, 2.45) is 0 Å². The number of rotatable bonds is 12. The number of amides is 4. The Morgan fingerprint density at radius 3 is 1.08 bits per heavy atom. The maximum atomic E-state index is 13.7. The second-order valence-electron chi connectivity index (χ2n) is 25.1. The van der Waals surface area contributed by atoms with Crippen molar-refractivity contribution in [1.29, 1.82) is 0 Å². The number of benzene rings is 10. The average molecular weight is 1700 g/mol. The zero-order valence-corrected chi connectivity index (χ0v) is 66.1. The summed E-state index contributed by atoms with van der Waals surface area (Å²) in [6.07, 6.45) is 3.25. The molecule has 4 amide bonds. The van der Waals surface area contributed by atoms with Gasteiger partial charge in [-0.25, -0.2) is 27.5 Å². The Morgan fingerprint density at radius 1 is 0.450 bits per heavy atom. The first-order chi connectivity index (χ1) is 52.5. The molecule has 1 fully saturated rings. The van der Waals surface area contributed by atoms with Crippen molar-refractivity contribution in [1.82, 2.24) is 9.97 Å². The normalized spacial score (nSPS) is 13.4. The molecule has 558 valence electrons. The van der Waals surface area contributed by atoms with Crippen LogP contribution in [-0.2, 0) is 34.8 Å². The Morgan fingerprint density at radius 2 is 0.752 bits per heavy atom. The fourth-order valence-electron chi connectivity index (χ4n) is 11.1. The summed E-state index contributed by atoms with van der Waals surface area (Å²) in [5, 5.41) is 13.4. The van der Waals surface area contributed by atoms with Gasteiger partial charge in [-0.05, 0) is 163 Å². The van der Waals surface area contributed by atoms with Crippen LogP contribution < -0.4 is 67.2 Å².